The fourth-order valence-corrected chi connectivity index (χ4v) is 5.25. The van der Waals surface area contributed by atoms with Crippen LogP contribution in [0.25, 0.3) is 16.8 Å². The second-order valence-electron chi connectivity index (χ2n) is 9.07. The molecule has 4 rings (SSSR count). The Hall–Kier alpha value is -2.17. The third kappa shape index (κ3) is 5.07. The number of nitrogens with two attached hydrogens (primary N) is 1. The van der Waals surface area contributed by atoms with Crippen molar-refractivity contribution in [2.45, 2.75) is 45.1 Å². The van der Waals surface area contributed by atoms with Crippen molar-refractivity contribution in [2.75, 3.05) is 31.9 Å². The molecule has 3 N–H and O–H groups in total. The zero-order valence-corrected chi connectivity index (χ0v) is 21.0. The number of amides is 1. The number of anilines is 1. The Morgan fingerprint density at radius 2 is 2.25 bits per heavy atom. The van der Waals surface area contributed by atoms with E-state index in [9.17, 15) is 4.79 Å². The number of fused-ring (bicyclic) bond motifs is 1. The predicted octanol–water partition coefficient (Wildman–Crippen LogP) is 4.51. The lowest BCUT2D eigenvalue weighted by molar-refractivity contribution is 0.0520. The number of aromatic nitrogens is 3. The highest BCUT2D eigenvalue weighted by atomic mass is 79.9. The van der Waals surface area contributed by atoms with Crippen molar-refractivity contribution in [1.29, 1.82) is 0 Å². The molecule has 3 aromatic heterocycles. The van der Waals surface area contributed by atoms with Gasteiger partial charge in [0.15, 0.2) is 5.65 Å². The minimum Gasteiger partial charge on any atom is -0.444 e. The van der Waals surface area contributed by atoms with Crippen molar-refractivity contribution < 1.29 is 9.53 Å². The van der Waals surface area contributed by atoms with Gasteiger partial charge in [-0.2, -0.15) is 21.0 Å². The summed E-state index contributed by atoms with van der Waals surface area (Å²) in [6, 6.07) is 2.07. The Bertz CT molecular complexity index is 1090. The molecule has 8 nitrogen and oxygen atoms in total. The summed E-state index contributed by atoms with van der Waals surface area (Å²) in [4.78, 5) is 19.3. The lowest BCUT2D eigenvalue weighted by Crippen LogP contribution is -2.41. The number of carbonyl (C=O) groups is 1. The van der Waals surface area contributed by atoms with Crippen LogP contribution < -0.4 is 11.1 Å². The molecule has 1 atom stereocenters. The summed E-state index contributed by atoms with van der Waals surface area (Å²) >= 11 is 5.32. The van der Waals surface area contributed by atoms with Crippen molar-refractivity contribution in [2.24, 2.45) is 0 Å². The highest BCUT2D eigenvalue weighted by Crippen LogP contribution is 2.36. The molecule has 1 unspecified atom stereocenters. The van der Waals surface area contributed by atoms with E-state index in [0.717, 1.165) is 59.4 Å². The van der Waals surface area contributed by atoms with E-state index in [2.05, 4.69) is 42.7 Å². The summed E-state index contributed by atoms with van der Waals surface area (Å²) < 4.78 is 7.82. The van der Waals surface area contributed by atoms with Gasteiger partial charge in [0.2, 0.25) is 0 Å². The summed E-state index contributed by atoms with van der Waals surface area (Å²) in [7, 11) is 0. The average molecular weight is 521 g/mol. The lowest BCUT2D eigenvalue weighted by Gasteiger charge is -2.33. The van der Waals surface area contributed by atoms with E-state index >= 15 is 0 Å². The molecule has 10 heteroatoms. The number of nitrogen functional groups attached to an aromatic ring is 1. The smallest absolute Gasteiger partial charge is 0.407 e. The molecule has 4 heterocycles. The Labute approximate surface area is 200 Å². The summed E-state index contributed by atoms with van der Waals surface area (Å²) in [5.41, 5.74) is 9.78. The molecule has 0 radical (unpaired) electrons. The van der Waals surface area contributed by atoms with Crippen LogP contribution in [0.3, 0.4) is 0 Å². The minimum atomic E-state index is -0.494. The Balaban J connectivity index is 1.48. The number of hydrogen-bond donors (Lipinski definition) is 2. The van der Waals surface area contributed by atoms with Crippen LogP contribution in [0.15, 0.2) is 27.5 Å². The second kappa shape index (κ2) is 9.36. The Morgan fingerprint density at radius 1 is 1.44 bits per heavy atom. The van der Waals surface area contributed by atoms with Gasteiger partial charge in [0, 0.05) is 31.1 Å². The quantitative estimate of drug-likeness (QED) is 0.513. The van der Waals surface area contributed by atoms with Crippen molar-refractivity contribution in [3.63, 3.8) is 0 Å². The third-order valence-corrected chi connectivity index (χ3v) is 6.96. The van der Waals surface area contributed by atoms with Crippen LogP contribution in [0.5, 0.6) is 0 Å². The molecule has 0 aliphatic carbocycles. The normalized spacial score (nSPS) is 17.6. The summed E-state index contributed by atoms with van der Waals surface area (Å²) in [5.74, 6) is 0.812. The molecule has 0 bridgehead atoms. The lowest BCUT2D eigenvalue weighted by atomic mass is 9.94. The number of thiophene rings is 1. The number of nitrogens with one attached hydrogen (secondary N) is 1. The van der Waals surface area contributed by atoms with Crippen molar-refractivity contribution >= 4 is 44.8 Å². The fraction of sp³-hybridized carbons (Fsp3) is 0.500. The van der Waals surface area contributed by atoms with Gasteiger partial charge < -0.3 is 20.7 Å². The average Bonchev–Trinajstić information content (AvgIpc) is 3.39. The predicted molar refractivity (Wildman–Crippen MR) is 131 cm³/mol. The van der Waals surface area contributed by atoms with E-state index in [-0.39, 0.29) is 12.0 Å². The van der Waals surface area contributed by atoms with Crippen LogP contribution in [-0.2, 0) is 4.74 Å². The highest BCUT2D eigenvalue weighted by Gasteiger charge is 2.27. The van der Waals surface area contributed by atoms with E-state index in [1.807, 2.05) is 32.3 Å². The number of alkyl carbamates (subject to hydrolysis) is 1. The van der Waals surface area contributed by atoms with Crippen molar-refractivity contribution in [1.82, 2.24) is 24.8 Å². The number of ether oxygens (including phenoxy) is 1. The molecule has 0 saturated carbocycles. The Morgan fingerprint density at radius 3 is 2.97 bits per heavy atom. The number of likely N-dealkylation sites (tertiary alicyclic amines) is 1. The maximum atomic E-state index is 11.9. The van der Waals surface area contributed by atoms with Crippen LogP contribution in [0, 0.1) is 0 Å². The first-order chi connectivity index (χ1) is 15.2. The van der Waals surface area contributed by atoms with Gasteiger partial charge in [-0.15, -0.1) is 0 Å². The molecular weight excluding hydrogens is 492 g/mol. The molecule has 1 aliphatic rings. The van der Waals surface area contributed by atoms with Crippen LogP contribution in [-0.4, -0.2) is 57.4 Å². The van der Waals surface area contributed by atoms with Gasteiger partial charge in [0.05, 0.1) is 16.4 Å². The standard InChI is InChI=1S/C22H29BrN6O2S/c1-22(2,3)31-21(30)25-7-9-28-8-4-5-14(12-28)18-17(23)19(24)29-20(27-18)16(11-26-29)15-6-10-32-13-15/h6,10-11,13-14H,4-5,7-9,12,24H2,1-3H3,(H,25,30). The SMILES string of the molecule is CC(C)(C)OC(=O)NCCN1CCCC(c2nc3c(-c4ccsc4)cnn3c(N)c2Br)C1. The molecule has 3 aromatic rings. The number of rotatable bonds is 5. The number of carbonyl (C=O) groups excluding carboxylic acids is 1. The molecule has 0 aromatic carbocycles. The first-order valence-electron chi connectivity index (χ1n) is 10.8. The van der Waals surface area contributed by atoms with Crippen molar-refractivity contribution in [3.05, 3.63) is 33.2 Å². The van der Waals surface area contributed by atoms with Gasteiger partial charge in [-0.1, -0.05) is 0 Å². The molecule has 32 heavy (non-hydrogen) atoms. The van der Waals surface area contributed by atoms with Gasteiger partial charge in [-0.3, -0.25) is 0 Å². The largest absolute Gasteiger partial charge is 0.444 e. The first-order valence-corrected chi connectivity index (χ1v) is 12.5. The number of piperidine rings is 1. The van der Waals surface area contributed by atoms with E-state index in [0.29, 0.717) is 12.4 Å². The maximum Gasteiger partial charge on any atom is 0.407 e. The fourth-order valence-electron chi connectivity index (χ4n) is 4.02. The van der Waals surface area contributed by atoms with E-state index < -0.39 is 5.60 Å². The van der Waals surface area contributed by atoms with Gasteiger partial charge in [-0.25, -0.2) is 9.78 Å². The van der Waals surface area contributed by atoms with Gasteiger partial charge in [-0.05, 0) is 78.5 Å². The second-order valence-corrected chi connectivity index (χ2v) is 10.6. The molecule has 1 saturated heterocycles. The van der Waals surface area contributed by atoms with Crippen LogP contribution >= 0.6 is 27.3 Å². The molecule has 0 spiro atoms. The van der Waals surface area contributed by atoms with Gasteiger partial charge in [0.1, 0.15) is 11.4 Å². The van der Waals surface area contributed by atoms with Gasteiger partial charge in [0.25, 0.3) is 0 Å². The zero-order valence-electron chi connectivity index (χ0n) is 18.6. The number of nitrogens with zero attached hydrogens (tertiary/aromatic N) is 4. The zero-order chi connectivity index (χ0) is 22.9. The van der Waals surface area contributed by atoms with E-state index in [4.69, 9.17) is 15.5 Å². The number of hydrogen-bond acceptors (Lipinski definition) is 7. The first kappa shape index (κ1) is 23.0. The molecule has 1 amide bonds. The van der Waals surface area contributed by atoms with E-state index in [1.165, 1.54) is 0 Å². The maximum absolute atomic E-state index is 11.9. The molecule has 1 aliphatic heterocycles. The summed E-state index contributed by atoms with van der Waals surface area (Å²) in [6.45, 7) is 8.74. The van der Waals surface area contributed by atoms with Crippen molar-refractivity contribution in [3.8, 4) is 11.1 Å². The molecule has 1 fully saturated rings. The third-order valence-electron chi connectivity index (χ3n) is 5.47. The monoisotopic (exact) mass is 520 g/mol. The summed E-state index contributed by atoms with van der Waals surface area (Å²) in [5, 5.41) is 11.4. The highest BCUT2D eigenvalue weighted by molar-refractivity contribution is 9.10. The topological polar surface area (TPSA) is 97.8 Å². The van der Waals surface area contributed by atoms with E-state index in [1.54, 1.807) is 15.9 Å². The summed E-state index contributed by atoms with van der Waals surface area (Å²) in [6.07, 6.45) is 3.55. The van der Waals surface area contributed by atoms with Crippen LogP contribution in [0.1, 0.15) is 45.2 Å². The number of halogens is 1. The molecule has 172 valence electrons. The van der Waals surface area contributed by atoms with Gasteiger partial charge >= 0.3 is 6.09 Å². The molecular formula is C22H29BrN6O2S. The Kier molecular flexibility index (Phi) is 6.73. The minimum absolute atomic E-state index is 0.247. The van der Waals surface area contributed by atoms with Crippen LogP contribution in [0.2, 0.25) is 0 Å². The van der Waals surface area contributed by atoms with Crippen LogP contribution in [0.4, 0.5) is 10.6 Å².